The summed E-state index contributed by atoms with van der Waals surface area (Å²) in [7, 11) is 0. The summed E-state index contributed by atoms with van der Waals surface area (Å²) in [6.45, 7) is 4.21. The van der Waals surface area contributed by atoms with Crippen LogP contribution in [0.2, 0.25) is 0 Å². The van der Waals surface area contributed by atoms with E-state index in [0.29, 0.717) is 0 Å². The Bertz CT molecular complexity index is 191. The van der Waals surface area contributed by atoms with Gasteiger partial charge >= 0.3 is 0 Å². The molecule has 0 amide bonds. The van der Waals surface area contributed by atoms with Crippen LogP contribution in [0.4, 0.5) is 8.78 Å². The van der Waals surface area contributed by atoms with Crippen LogP contribution in [-0.4, -0.2) is 19.1 Å². The van der Waals surface area contributed by atoms with Crippen LogP contribution < -0.4 is 0 Å². The highest BCUT2D eigenvalue weighted by atomic mass is 19.3. The highest BCUT2D eigenvalue weighted by Crippen LogP contribution is 2.72. The van der Waals surface area contributed by atoms with Gasteiger partial charge in [-0.15, -0.1) is 0 Å². The van der Waals surface area contributed by atoms with Crippen LogP contribution >= 0.6 is 0 Å². The zero-order valence-corrected chi connectivity index (χ0v) is 6.73. The molecule has 0 aromatic heterocycles. The fourth-order valence-corrected chi connectivity index (χ4v) is 2.30. The van der Waals surface area contributed by atoms with Gasteiger partial charge in [0.05, 0.1) is 24.5 Å². The molecular weight excluding hydrogens is 150 g/mol. The summed E-state index contributed by atoms with van der Waals surface area (Å²) in [5, 5.41) is 0. The third-order valence-corrected chi connectivity index (χ3v) is 3.25. The zero-order valence-electron chi connectivity index (χ0n) is 6.73. The molecule has 64 valence electrons. The summed E-state index contributed by atoms with van der Waals surface area (Å²) in [5.41, 5.74) is -0.799. The van der Waals surface area contributed by atoms with Crippen LogP contribution in [0.5, 0.6) is 0 Å². The van der Waals surface area contributed by atoms with Gasteiger partial charge in [-0.1, -0.05) is 13.8 Å². The number of alkyl halides is 2. The van der Waals surface area contributed by atoms with E-state index in [4.69, 9.17) is 4.74 Å². The van der Waals surface area contributed by atoms with Crippen molar-refractivity contribution < 1.29 is 13.5 Å². The molecule has 0 aromatic rings. The normalized spacial score (nSPS) is 46.1. The lowest BCUT2D eigenvalue weighted by Crippen LogP contribution is -2.22. The zero-order chi connectivity index (χ0) is 8.28. The molecule has 1 aliphatic heterocycles. The average Bonchev–Trinajstić information content (AvgIpc) is 2.25. The van der Waals surface area contributed by atoms with Gasteiger partial charge in [-0.05, 0) is 5.92 Å². The van der Waals surface area contributed by atoms with Crippen molar-refractivity contribution in [3.05, 3.63) is 0 Å². The van der Waals surface area contributed by atoms with Gasteiger partial charge in [0.1, 0.15) is 0 Å². The Morgan fingerprint density at radius 1 is 1.45 bits per heavy atom. The summed E-state index contributed by atoms with van der Waals surface area (Å²) in [4.78, 5) is 0. The van der Waals surface area contributed by atoms with Gasteiger partial charge in [-0.25, -0.2) is 8.78 Å². The molecule has 2 unspecified atom stereocenters. The third kappa shape index (κ3) is 0.593. The van der Waals surface area contributed by atoms with Crippen molar-refractivity contribution in [2.75, 3.05) is 13.2 Å². The number of rotatable bonds is 1. The van der Waals surface area contributed by atoms with E-state index in [2.05, 4.69) is 0 Å². The predicted octanol–water partition coefficient (Wildman–Crippen LogP) is 1.92. The minimum absolute atomic E-state index is 0.0324. The second kappa shape index (κ2) is 1.76. The Morgan fingerprint density at radius 2 is 2.09 bits per heavy atom. The molecule has 1 aliphatic carbocycles. The maximum Gasteiger partial charge on any atom is 0.262 e. The van der Waals surface area contributed by atoms with Gasteiger partial charge in [0.2, 0.25) is 0 Å². The minimum Gasteiger partial charge on any atom is -0.380 e. The Morgan fingerprint density at radius 3 is 2.36 bits per heavy atom. The Kier molecular flexibility index (Phi) is 1.20. The maximum atomic E-state index is 13.1. The van der Waals surface area contributed by atoms with Gasteiger partial charge in [-0.2, -0.15) is 0 Å². The molecule has 0 aromatic carbocycles. The lowest BCUT2D eigenvalue weighted by atomic mass is 9.91. The van der Waals surface area contributed by atoms with Crippen LogP contribution in [0.1, 0.15) is 13.8 Å². The lowest BCUT2D eigenvalue weighted by Gasteiger charge is -2.17. The van der Waals surface area contributed by atoms with E-state index in [1.165, 1.54) is 0 Å². The van der Waals surface area contributed by atoms with E-state index >= 15 is 0 Å². The van der Waals surface area contributed by atoms with Gasteiger partial charge in [-0.3, -0.25) is 0 Å². The minimum atomic E-state index is -2.45. The topological polar surface area (TPSA) is 9.23 Å². The highest BCUT2D eigenvalue weighted by Gasteiger charge is 2.83. The van der Waals surface area contributed by atoms with Crippen molar-refractivity contribution in [1.29, 1.82) is 0 Å². The third-order valence-electron chi connectivity index (χ3n) is 3.25. The fourth-order valence-electron chi connectivity index (χ4n) is 2.30. The summed E-state index contributed by atoms with van der Waals surface area (Å²) in [6, 6.07) is 0. The van der Waals surface area contributed by atoms with Crippen LogP contribution in [0.3, 0.4) is 0 Å². The highest BCUT2D eigenvalue weighted by molar-refractivity contribution is 5.21. The van der Waals surface area contributed by atoms with Crippen molar-refractivity contribution in [3.63, 3.8) is 0 Å². The molecule has 0 N–H and O–H groups in total. The van der Waals surface area contributed by atoms with E-state index in [1.807, 2.05) is 13.8 Å². The number of fused-ring (bicyclic) bond motifs is 1. The summed E-state index contributed by atoms with van der Waals surface area (Å²) in [6.07, 6.45) is 0. The van der Waals surface area contributed by atoms with Gasteiger partial charge in [0.25, 0.3) is 5.92 Å². The average molecular weight is 162 g/mol. The van der Waals surface area contributed by atoms with Crippen molar-refractivity contribution >= 4 is 0 Å². The number of hydrogen-bond acceptors (Lipinski definition) is 1. The van der Waals surface area contributed by atoms with Crippen LogP contribution in [0.15, 0.2) is 0 Å². The molecule has 2 aliphatic rings. The van der Waals surface area contributed by atoms with Crippen molar-refractivity contribution in [2.45, 2.75) is 19.8 Å². The van der Waals surface area contributed by atoms with E-state index in [1.54, 1.807) is 0 Å². The molecule has 0 spiro atoms. The molecule has 1 heterocycles. The molecular formula is C8H12F2O. The van der Waals surface area contributed by atoms with Gasteiger partial charge < -0.3 is 4.74 Å². The molecule has 2 atom stereocenters. The van der Waals surface area contributed by atoms with Gasteiger partial charge in [0, 0.05) is 0 Å². The largest absolute Gasteiger partial charge is 0.380 e. The monoisotopic (exact) mass is 162 g/mol. The molecule has 2 fully saturated rings. The standard InChI is InChI=1S/C8H12F2O/c1-5(2)7-4-11-3-6(7)8(7,9)10/h5-6H,3-4H2,1-2H3. The van der Waals surface area contributed by atoms with Crippen molar-refractivity contribution in [3.8, 4) is 0 Å². The Labute approximate surface area is 64.7 Å². The number of hydrogen-bond donors (Lipinski definition) is 0. The van der Waals surface area contributed by atoms with E-state index in [0.717, 1.165) is 0 Å². The first-order valence-corrected chi connectivity index (χ1v) is 3.99. The van der Waals surface area contributed by atoms with Gasteiger partial charge in [0.15, 0.2) is 0 Å². The first-order valence-electron chi connectivity index (χ1n) is 3.99. The molecule has 1 saturated heterocycles. The first kappa shape index (κ1) is 7.47. The lowest BCUT2D eigenvalue weighted by molar-refractivity contribution is -0.0234. The molecule has 3 heteroatoms. The summed E-state index contributed by atoms with van der Waals surface area (Å²) in [5.74, 6) is -2.90. The Balaban J connectivity index is 2.26. The van der Waals surface area contributed by atoms with E-state index in [-0.39, 0.29) is 19.1 Å². The second-order valence-corrected chi connectivity index (χ2v) is 3.89. The fraction of sp³-hybridized carbons (Fsp3) is 1.00. The maximum absolute atomic E-state index is 13.1. The van der Waals surface area contributed by atoms with Crippen LogP contribution in [0, 0.1) is 17.3 Å². The molecule has 2 rings (SSSR count). The Hall–Kier alpha value is -0.180. The molecule has 0 bridgehead atoms. The summed E-state index contributed by atoms with van der Waals surface area (Å²) < 4.78 is 31.2. The number of ether oxygens (including phenoxy) is 1. The smallest absolute Gasteiger partial charge is 0.262 e. The molecule has 1 nitrogen and oxygen atoms in total. The predicted molar refractivity (Wildman–Crippen MR) is 36.5 cm³/mol. The first-order chi connectivity index (χ1) is 5.03. The quantitative estimate of drug-likeness (QED) is 0.572. The van der Waals surface area contributed by atoms with Crippen LogP contribution in [0.25, 0.3) is 0 Å². The SMILES string of the molecule is CC(C)C12COCC1C2(F)F. The van der Waals surface area contributed by atoms with Crippen molar-refractivity contribution in [1.82, 2.24) is 0 Å². The summed E-state index contributed by atoms with van der Waals surface area (Å²) >= 11 is 0. The van der Waals surface area contributed by atoms with E-state index < -0.39 is 17.3 Å². The molecule has 1 saturated carbocycles. The molecule has 11 heavy (non-hydrogen) atoms. The van der Waals surface area contributed by atoms with Crippen molar-refractivity contribution in [2.24, 2.45) is 17.3 Å². The molecule has 0 radical (unpaired) electrons. The van der Waals surface area contributed by atoms with Crippen LogP contribution in [-0.2, 0) is 4.74 Å². The van der Waals surface area contributed by atoms with E-state index in [9.17, 15) is 8.78 Å². The number of halogens is 2. The second-order valence-electron chi connectivity index (χ2n) is 3.89.